The second kappa shape index (κ2) is 6.38. The zero-order valence-corrected chi connectivity index (χ0v) is 16.4. The van der Waals surface area contributed by atoms with Crippen LogP contribution >= 0.6 is 0 Å². The Bertz CT molecular complexity index is 638. The van der Waals surface area contributed by atoms with Crippen molar-refractivity contribution in [2.45, 2.75) is 90.3 Å². The third-order valence-electron chi connectivity index (χ3n) is 7.98. The fourth-order valence-corrected chi connectivity index (χ4v) is 6.52. The Morgan fingerprint density at radius 1 is 1.23 bits per heavy atom. The van der Waals surface area contributed by atoms with Crippen LogP contribution in [0, 0.1) is 23.2 Å². The fraction of sp³-hybridized carbons (Fsp3) is 0.818. The summed E-state index contributed by atoms with van der Waals surface area (Å²) in [7, 11) is 0. The van der Waals surface area contributed by atoms with Crippen molar-refractivity contribution in [1.82, 2.24) is 0 Å². The van der Waals surface area contributed by atoms with Crippen molar-refractivity contribution in [2.24, 2.45) is 23.2 Å². The lowest BCUT2D eigenvalue weighted by Crippen LogP contribution is -2.56. The van der Waals surface area contributed by atoms with E-state index in [1.54, 1.807) is 0 Å². The third kappa shape index (κ3) is 2.80. The largest absolute Gasteiger partial charge is 0.462 e. The fourth-order valence-electron chi connectivity index (χ4n) is 6.52. The molecule has 1 heterocycles. The number of ether oxygens (including phenoxy) is 2. The molecule has 0 unspecified atom stereocenters. The molecular weight excluding hydrogens is 328 g/mol. The molecule has 0 aromatic heterocycles. The molecule has 0 bridgehead atoms. The zero-order valence-electron chi connectivity index (χ0n) is 16.4. The minimum absolute atomic E-state index is 0.0151. The van der Waals surface area contributed by atoms with Crippen LogP contribution in [0.2, 0.25) is 0 Å². The van der Waals surface area contributed by atoms with Crippen LogP contribution in [0.1, 0.15) is 78.6 Å². The van der Waals surface area contributed by atoms with Gasteiger partial charge in [0.2, 0.25) is 0 Å². The molecular formula is C22H32O4. The van der Waals surface area contributed by atoms with Crippen LogP contribution in [0.25, 0.3) is 0 Å². The van der Waals surface area contributed by atoms with Gasteiger partial charge >= 0.3 is 11.9 Å². The molecule has 1 saturated heterocycles. The number of rotatable bonds is 2. The van der Waals surface area contributed by atoms with E-state index in [0.717, 1.165) is 44.9 Å². The van der Waals surface area contributed by atoms with Gasteiger partial charge in [0.25, 0.3) is 0 Å². The maximum absolute atomic E-state index is 11.8. The third-order valence-corrected chi connectivity index (χ3v) is 7.98. The highest BCUT2D eigenvalue weighted by molar-refractivity contribution is 5.71. The molecule has 0 N–H and O–H groups in total. The molecule has 0 amide bonds. The van der Waals surface area contributed by atoms with Gasteiger partial charge in [0.1, 0.15) is 11.7 Å². The van der Waals surface area contributed by atoms with E-state index < -0.39 is 0 Å². The van der Waals surface area contributed by atoms with E-state index in [0.29, 0.717) is 30.6 Å². The molecule has 3 aliphatic carbocycles. The van der Waals surface area contributed by atoms with Gasteiger partial charge in [-0.25, -0.2) is 0 Å². The molecule has 3 fully saturated rings. The smallest absolute Gasteiger partial charge is 0.306 e. The predicted octanol–water partition coefficient (Wildman–Crippen LogP) is 4.57. The van der Waals surface area contributed by atoms with Crippen molar-refractivity contribution < 1.29 is 19.1 Å². The molecule has 6 atom stereocenters. The van der Waals surface area contributed by atoms with Gasteiger partial charge in [-0.15, -0.1) is 0 Å². The molecule has 0 spiro atoms. The van der Waals surface area contributed by atoms with Gasteiger partial charge in [-0.3, -0.25) is 9.59 Å². The number of fused-ring (bicyclic) bond motifs is 5. The first-order chi connectivity index (χ1) is 12.4. The molecule has 144 valence electrons. The number of carbonyl (C=O) groups excluding carboxylic acids is 2. The molecule has 0 aromatic rings. The molecule has 0 aromatic carbocycles. The first-order valence-corrected chi connectivity index (χ1v) is 10.5. The molecule has 26 heavy (non-hydrogen) atoms. The van der Waals surface area contributed by atoms with Crippen LogP contribution in [0.5, 0.6) is 0 Å². The number of carbonyl (C=O) groups is 2. The molecule has 4 nitrogen and oxygen atoms in total. The van der Waals surface area contributed by atoms with Crippen molar-refractivity contribution in [3.05, 3.63) is 11.6 Å². The number of hydrogen-bond donors (Lipinski definition) is 0. The first-order valence-electron chi connectivity index (χ1n) is 10.5. The van der Waals surface area contributed by atoms with Gasteiger partial charge in [0, 0.05) is 25.2 Å². The highest BCUT2D eigenvalue weighted by Gasteiger charge is 2.57. The summed E-state index contributed by atoms with van der Waals surface area (Å²) in [5.41, 5.74) is 1.47. The first kappa shape index (κ1) is 18.1. The second-order valence-corrected chi connectivity index (χ2v) is 9.33. The van der Waals surface area contributed by atoms with Crippen LogP contribution in [-0.2, 0) is 19.1 Å². The summed E-state index contributed by atoms with van der Waals surface area (Å²) in [5.74, 6) is 1.68. The Hall–Kier alpha value is -1.32. The van der Waals surface area contributed by atoms with Gasteiger partial charge in [0.15, 0.2) is 0 Å². The van der Waals surface area contributed by atoms with Gasteiger partial charge < -0.3 is 9.47 Å². The molecule has 2 saturated carbocycles. The van der Waals surface area contributed by atoms with Crippen molar-refractivity contribution >= 4 is 11.9 Å². The van der Waals surface area contributed by atoms with Crippen molar-refractivity contribution in [3.63, 3.8) is 0 Å². The standard InChI is InChI=1S/C22H32O4/c1-4-19(23)25-15-9-11-21(2)14(13-15)5-6-16-17(21)10-12-22(3)18(16)7-8-20(24)26-22/h5,15-18H,4,6-13H2,1-3H3/t15-,16+,17-,18-,21-,22-/m0/s1. The average molecular weight is 360 g/mol. The Morgan fingerprint density at radius 3 is 2.81 bits per heavy atom. The lowest BCUT2D eigenvalue weighted by molar-refractivity contribution is -0.193. The summed E-state index contributed by atoms with van der Waals surface area (Å²) < 4.78 is 11.5. The van der Waals surface area contributed by atoms with E-state index in [4.69, 9.17) is 9.47 Å². The summed E-state index contributed by atoms with van der Waals surface area (Å²) >= 11 is 0. The minimum Gasteiger partial charge on any atom is -0.462 e. The Labute approximate surface area is 156 Å². The van der Waals surface area contributed by atoms with Gasteiger partial charge in [-0.05, 0) is 62.7 Å². The van der Waals surface area contributed by atoms with Crippen LogP contribution in [0.4, 0.5) is 0 Å². The Balaban J connectivity index is 1.55. The van der Waals surface area contributed by atoms with E-state index in [-0.39, 0.29) is 29.1 Å². The van der Waals surface area contributed by atoms with Crippen LogP contribution < -0.4 is 0 Å². The monoisotopic (exact) mass is 360 g/mol. The van der Waals surface area contributed by atoms with Crippen molar-refractivity contribution in [3.8, 4) is 0 Å². The number of esters is 2. The molecule has 4 heteroatoms. The normalized spacial score (nSPS) is 44.7. The lowest BCUT2D eigenvalue weighted by Gasteiger charge is -2.59. The summed E-state index contributed by atoms with van der Waals surface area (Å²) in [4.78, 5) is 23.5. The van der Waals surface area contributed by atoms with Gasteiger partial charge in [0.05, 0.1) is 0 Å². The van der Waals surface area contributed by atoms with E-state index in [1.165, 1.54) is 5.57 Å². The lowest BCUT2D eigenvalue weighted by atomic mass is 9.49. The van der Waals surface area contributed by atoms with Crippen LogP contribution in [-0.4, -0.2) is 23.6 Å². The number of allylic oxidation sites excluding steroid dienone is 1. The van der Waals surface area contributed by atoms with Gasteiger partial charge in [-0.1, -0.05) is 25.5 Å². The van der Waals surface area contributed by atoms with E-state index >= 15 is 0 Å². The number of hydrogen-bond acceptors (Lipinski definition) is 4. The highest BCUT2D eigenvalue weighted by atomic mass is 16.6. The molecule has 4 rings (SSSR count). The zero-order chi connectivity index (χ0) is 18.5. The van der Waals surface area contributed by atoms with Crippen LogP contribution in [0.3, 0.4) is 0 Å². The maximum Gasteiger partial charge on any atom is 0.306 e. The molecule has 4 aliphatic rings. The second-order valence-electron chi connectivity index (χ2n) is 9.33. The topological polar surface area (TPSA) is 52.6 Å². The van der Waals surface area contributed by atoms with E-state index in [9.17, 15) is 9.59 Å². The summed E-state index contributed by atoms with van der Waals surface area (Å²) in [6, 6.07) is 0. The quantitative estimate of drug-likeness (QED) is 0.535. The summed E-state index contributed by atoms with van der Waals surface area (Å²) in [5, 5.41) is 0. The van der Waals surface area contributed by atoms with Gasteiger partial charge in [-0.2, -0.15) is 0 Å². The maximum atomic E-state index is 11.8. The van der Waals surface area contributed by atoms with E-state index in [1.807, 2.05) is 6.92 Å². The minimum atomic E-state index is -0.258. The van der Waals surface area contributed by atoms with Crippen molar-refractivity contribution in [2.75, 3.05) is 0 Å². The SMILES string of the molecule is CCC(=O)O[C@H]1CC[C@@]2(C)C(=CC[C@@H]3[C@@H]2CC[C@]2(C)OC(=O)CC[C@@H]32)C1. The van der Waals surface area contributed by atoms with Crippen molar-refractivity contribution in [1.29, 1.82) is 0 Å². The summed E-state index contributed by atoms with van der Waals surface area (Å²) in [6.45, 7) is 6.45. The Kier molecular flexibility index (Phi) is 4.44. The predicted molar refractivity (Wildman–Crippen MR) is 98.3 cm³/mol. The molecule has 1 aliphatic heterocycles. The summed E-state index contributed by atoms with van der Waals surface area (Å²) in [6.07, 6.45) is 10.7. The average Bonchev–Trinajstić information content (AvgIpc) is 2.60. The van der Waals surface area contributed by atoms with Crippen LogP contribution in [0.15, 0.2) is 11.6 Å². The highest BCUT2D eigenvalue weighted by Crippen LogP contribution is 2.61. The Morgan fingerprint density at radius 2 is 2.04 bits per heavy atom. The van der Waals surface area contributed by atoms with E-state index in [2.05, 4.69) is 19.9 Å². The molecule has 0 radical (unpaired) electrons.